The molecule has 0 atom stereocenters. The maximum Gasteiger partial charge on any atom is 0.286 e. The van der Waals surface area contributed by atoms with Gasteiger partial charge in [0.15, 0.2) is 5.76 Å². The summed E-state index contributed by atoms with van der Waals surface area (Å²) in [7, 11) is 0. The Hall–Kier alpha value is -1.29. The number of carbonyl (C=O) groups is 1. The molecule has 0 saturated heterocycles. The lowest BCUT2D eigenvalue weighted by molar-refractivity contribution is 0.0925. The average molecular weight is 252 g/mol. The van der Waals surface area contributed by atoms with Gasteiger partial charge in [-0.25, -0.2) is 0 Å². The molecule has 1 rings (SSSR count). The number of unbranched alkanes of at least 4 members (excludes halogenated alkanes) is 2. The lowest BCUT2D eigenvalue weighted by atomic mass is 10.2. The number of nitrogens with one attached hydrogen (secondary N) is 1. The standard InChI is InChI=1S/C14H24N2O2/c1-3-16(4-2)11-7-5-6-10-15-14(17)13-9-8-12-18-13/h8-9,12H,3-7,10-11H2,1-2H3,(H,15,17). The van der Waals surface area contributed by atoms with Crippen LogP contribution in [0.25, 0.3) is 0 Å². The van der Waals surface area contributed by atoms with E-state index in [1.54, 1.807) is 12.1 Å². The minimum Gasteiger partial charge on any atom is -0.459 e. The maximum absolute atomic E-state index is 11.5. The zero-order valence-electron chi connectivity index (χ0n) is 11.4. The highest BCUT2D eigenvalue weighted by atomic mass is 16.3. The first kappa shape index (κ1) is 14.8. The minimum absolute atomic E-state index is 0.122. The van der Waals surface area contributed by atoms with Gasteiger partial charge in [0.1, 0.15) is 0 Å². The molecule has 102 valence electrons. The lowest BCUT2D eigenvalue weighted by Gasteiger charge is -2.17. The van der Waals surface area contributed by atoms with Crippen molar-refractivity contribution in [2.45, 2.75) is 33.1 Å². The van der Waals surface area contributed by atoms with Crippen LogP contribution in [0.2, 0.25) is 0 Å². The topological polar surface area (TPSA) is 45.5 Å². The highest BCUT2D eigenvalue weighted by Crippen LogP contribution is 2.01. The van der Waals surface area contributed by atoms with Gasteiger partial charge in [-0.3, -0.25) is 4.79 Å². The fourth-order valence-corrected chi connectivity index (χ4v) is 1.87. The molecule has 1 amide bonds. The van der Waals surface area contributed by atoms with Crippen molar-refractivity contribution in [1.29, 1.82) is 0 Å². The molecule has 0 fully saturated rings. The first-order valence-electron chi connectivity index (χ1n) is 6.82. The summed E-state index contributed by atoms with van der Waals surface area (Å²) in [6.45, 7) is 8.48. The van der Waals surface area contributed by atoms with Crippen LogP contribution in [-0.4, -0.2) is 37.0 Å². The van der Waals surface area contributed by atoms with E-state index < -0.39 is 0 Å². The molecule has 1 aromatic heterocycles. The molecule has 1 aromatic rings. The summed E-state index contributed by atoms with van der Waals surface area (Å²) >= 11 is 0. The van der Waals surface area contributed by atoms with Crippen LogP contribution < -0.4 is 5.32 Å². The van der Waals surface area contributed by atoms with Crippen LogP contribution in [0.5, 0.6) is 0 Å². The Labute approximate surface area is 109 Å². The molecule has 18 heavy (non-hydrogen) atoms. The van der Waals surface area contributed by atoms with Crippen molar-refractivity contribution in [3.05, 3.63) is 24.2 Å². The molecular weight excluding hydrogens is 228 g/mol. The number of furan rings is 1. The molecule has 0 aliphatic heterocycles. The van der Waals surface area contributed by atoms with E-state index >= 15 is 0 Å². The quantitative estimate of drug-likeness (QED) is 0.687. The lowest BCUT2D eigenvalue weighted by Crippen LogP contribution is -2.25. The van der Waals surface area contributed by atoms with Crippen LogP contribution >= 0.6 is 0 Å². The average Bonchev–Trinajstić information content (AvgIpc) is 2.92. The van der Waals surface area contributed by atoms with Crippen molar-refractivity contribution in [3.8, 4) is 0 Å². The Kier molecular flexibility index (Phi) is 7.18. The Bertz CT molecular complexity index is 319. The monoisotopic (exact) mass is 252 g/mol. The summed E-state index contributed by atoms with van der Waals surface area (Å²) in [5.41, 5.74) is 0. The number of nitrogens with zero attached hydrogens (tertiary/aromatic N) is 1. The number of amides is 1. The van der Waals surface area contributed by atoms with Gasteiger partial charge in [-0.15, -0.1) is 0 Å². The number of hydrogen-bond donors (Lipinski definition) is 1. The van der Waals surface area contributed by atoms with Crippen molar-refractivity contribution in [3.63, 3.8) is 0 Å². The zero-order valence-corrected chi connectivity index (χ0v) is 11.4. The maximum atomic E-state index is 11.5. The SMILES string of the molecule is CCN(CC)CCCCCNC(=O)c1ccco1. The molecule has 0 bridgehead atoms. The van der Waals surface area contributed by atoms with Gasteiger partial charge in [0, 0.05) is 6.54 Å². The van der Waals surface area contributed by atoms with Gasteiger partial charge in [-0.1, -0.05) is 20.3 Å². The second-order valence-electron chi connectivity index (χ2n) is 4.32. The summed E-state index contributed by atoms with van der Waals surface area (Å²) in [6, 6.07) is 3.40. The van der Waals surface area contributed by atoms with Gasteiger partial charge in [-0.2, -0.15) is 0 Å². The molecule has 4 heteroatoms. The minimum atomic E-state index is -0.122. The first-order valence-corrected chi connectivity index (χ1v) is 6.82. The summed E-state index contributed by atoms with van der Waals surface area (Å²) in [5.74, 6) is 0.266. The molecule has 1 N–H and O–H groups in total. The van der Waals surface area contributed by atoms with Crippen molar-refractivity contribution < 1.29 is 9.21 Å². The van der Waals surface area contributed by atoms with E-state index in [4.69, 9.17) is 4.42 Å². The van der Waals surface area contributed by atoms with Crippen LogP contribution in [0, 0.1) is 0 Å². The first-order chi connectivity index (χ1) is 8.77. The predicted octanol–water partition coefficient (Wildman–Crippen LogP) is 2.52. The van der Waals surface area contributed by atoms with Crippen molar-refractivity contribution in [2.75, 3.05) is 26.2 Å². The zero-order chi connectivity index (χ0) is 13.2. The number of rotatable bonds is 9. The normalized spacial score (nSPS) is 10.8. The largest absolute Gasteiger partial charge is 0.459 e. The van der Waals surface area contributed by atoms with E-state index in [1.165, 1.54) is 12.7 Å². The third-order valence-corrected chi connectivity index (χ3v) is 3.08. The van der Waals surface area contributed by atoms with Gasteiger partial charge in [-0.05, 0) is 44.6 Å². The Morgan fingerprint density at radius 3 is 2.67 bits per heavy atom. The molecular formula is C14H24N2O2. The summed E-state index contributed by atoms with van der Waals surface area (Å²) in [5, 5.41) is 2.85. The van der Waals surface area contributed by atoms with Gasteiger partial charge in [0.05, 0.1) is 6.26 Å². The van der Waals surface area contributed by atoms with Gasteiger partial charge >= 0.3 is 0 Å². The second kappa shape index (κ2) is 8.75. The number of hydrogen-bond acceptors (Lipinski definition) is 3. The molecule has 0 radical (unpaired) electrons. The Morgan fingerprint density at radius 2 is 2.06 bits per heavy atom. The van der Waals surface area contributed by atoms with Crippen LogP contribution in [0.1, 0.15) is 43.7 Å². The van der Waals surface area contributed by atoms with Gasteiger partial charge in [0.2, 0.25) is 0 Å². The van der Waals surface area contributed by atoms with Gasteiger partial charge in [0.25, 0.3) is 5.91 Å². The van der Waals surface area contributed by atoms with Gasteiger partial charge < -0.3 is 14.6 Å². The predicted molar refractivity (Wildman–Crippen MR) is 72.7 cm³/mol. The van der Waals surface area contributed by atoms with Crippen LogP contribution in [0.15, 0.2) is 22.8 Å². The molecule has 0 spiro atoms. The van der Waals surface area contributed by atoms with E-state index in [2.05, 4.69) is 24.1 Å². The highest BCUT2D eigenvalue weighted by Gasteiger charge is 2.06. The Balaban J connectivity index is 2.00. The molecule has 0 saturated carbocycles. The summed E-state index contributed by atoms with van der Waals surface area (Å²) < 4.78 is 5.02. The molecule has 0 unspecified atom stereocenters. The van der Waals surface area contributed by atoms with Crippen molar-refractivity contribution >= 4 is 5.91 Å². The van der Waals surface area contributed by atoms with Crippen LogP contribution in [0.3, 0.4) is 0 Å². The second-order valence-corrected chi connectivity index (χ2v) is 4.32. The molecule has 4 nitrogen and oxygen atoms in total. The van der Waals surface area contributed by atoms with E-state index in [1.807, 2.05) is 0 Å². The highest BCUT2D eigenvalue weighted by molar-refractivity contribution is 5.91. The third kappa shape index (κ3) is 5.36. The fraction of sp³-hybridized carbons (Fsp3) is 0.643. The molecule has 0 aromatic carbocycles. The number of carbonyl (C=O) groups excluding carboxylic acids is 1. The third-order valence-electron chi connectivity index (χ3n) is 3.08. The van der Waals surface area contributed by atoms with Crippen molar-refractivity contribution in [1.82, 2.24) is 10.2 Å². The molecule has 0 aliphatic rings. The van der Waals surface area contributed by atoms with E-state index in [0.717, 1.165) is 39.0 Å². The van der Waals surface area contributed by atoms with Crippen molar-refractivity contribution in [2.24, 2.45) is 0 Å². The van der Waals surface area contributed by atoms with E-state index in [-0.39, 0.29) is 5.91 Å². The summed E-state index contributed by atoms with van der Waals surface area (Å²) in [6.07, 6.45) is 4.87. The smallest absolute Gasteiger partial charge is 0.286 e. The summed E-state index contributed by atoms with van der Waals surface area (Å²) in [4.78, 5) is 13.9. The van der Waals surface area contributed by atoms with E-state index in [9.17, 15) is 4.79 Å². The van der Waals surface area contributed by atoms with Crippen LogP contribution in [0.4, 0.5) is 0 Å². The molecule has 1 heterocycles. The van der Waals surface area contributed by atoms with E-state index in [0.29, 0.717) is 5.76 Å². The Morgan fingerprint density at radius 1 is 1.28 bits per heavy atom. The molecule has 0 aliphatic carbocycles. The fourth-order valence-electron chi connectivity index (χ4n) is 1.87. The van der Waals surface area contributed by atoms with Crippen LogP contribution in [-0.2, 0) is 0 Å².